The number of carbonyl (C=O) groups is 1. The van der Waals surface area contributed by atoms with Crippen LogP contribution in [0.15, 0.2) is 60.7 Å². The summed E-state index contributed by atoms with van der Waals surface area (Å²) in [7, 11) is -4.19. The first kappa shape index (κ1) is 30.2. The van der Waals surface area contributed by atoms with Crippen molar-refractivity contribution in [1.29, 1.82) is 0 Å². The highest BCUT2D eigenvalue weighted by Crippen LogP contribution is 2.55. The Morgan fingerprint density at radius 1 is 0.865 bits per heavy atom. The molecule has 198 valence electrons. The molecule has 2 aromatic rings. The highest BCUT2D eigenvalue weighted by molar-refractivity contribution is 7.48. The first-order chi connectivity index (χ1) is 18.0. The molecule has 0 saturated carbocycles. The Balaban J connectivity index is 2.36. The van der Waals surface area contributed by atoms with E-state index < -0.39 is 20.0 Å². The zero-order valence-corrected chi connectivity index (χ0v) is 22.3. The second-order valence-electron chi connectivity index (χ2n) is 8.43. The summed E-state index contributed by atoms with van der Waals surface area (Å²) in [6, 6.07) is 17.8. The van der Waals surface area contributed by atoms with Crippen molar-refractivity contribution in [2.45, 2.75) is 57.6 Å². The van der Waals surface area contributed by atoms with E-state index in [2.05, 4.69) is 21.9 Å². The quantitative estimate of drug-likeness (QED) is 0.129. The predicted octanol–water partition coefficient (Wildman–Crippen LogP) is 6.94. The molecule has 2 rings (SSSR count). The van der Waals surface area contributed by atoms with Gasteiger partial charge in [-0.1, -0.05) is 93.3 Å². The van der Waals surface area contributed by atoms with E-state index in [1.54, 1.807) is 0 Å². The van der Waals surface area contributed by atoms with Gasteiger partial charge in [-0.3, -0.25) is 18.4 Å². The normalized spacial score (nSPS) is 12.7. The van der Waals surface area contributed by atoms with Crippen LogP contribution >= 0.6 is 7.82 Å². The third-order valence-corrected chi connectivity index (χ3v) is 7.04. The number of unbranched alkanes of at least 4 members (excludes halogenated alkanes) is 4. The lowest BCUT2D eigenvalue weighted by Gasteiger charge is -2.31. The van der Waals surface area contributed by atoms with Crippen molar-refractivity contribution in [1.82, 2.24) is 5.32 Å². The lowest BCUT2D eigenvalue weighted by atomic mass is 9.95. The number of phosphoric ester groups is 1. The first-order valence-electron chi connectivity index (χ1n) is 12.7. The lowest BCUT2D eigenvalue weighted by molar-refractivity contribution is -0.122. The number of nitrogens with one attached hydrogen (secondary N) is 1. The molecule has 0 radical (unpaired) electrons. The molecule has 8 nitrogen and oxygen atoms in total. The summed E-state index contributed by atoms with van der Waals surface area (Å²) in [6.07, 6.45) is 4.59. The van der Waals surface area contributed by atoms with E-state index in [1.807, 2.05) is 60.7 Å². The second-order valence-corrected chi connectivity index (χ2v) is 10.1. The molecule has 0 aliphatic rings. The predicted molar refractivity (Wildman–Crippen MR) is 143 cm³/mol. The zero-order valence-electron chi connectivity index (χ0n) is 21.4. The summed E-state index contributed by atoms with van der Waals surface area (Å²) >= 11 is 0. The number of phosphoric acid groups is 1. The monoisotopic (exact) mass is 525 g/mol. The van der Waals surface area contributed by atoms with E-state index in [9.17, 15) is 9.36 Å². The molecule has 9 heteroatoms. The third kappa shape index (κ3) is 11.3. The maximum absolute atomic E-state index is 13.7. The van der Waals surface area contributed by atoms with Crippen molar-refractivity contribution in [3.8, 4) is 0 Å². The van der Waals surface area contributed by atoms with E-state index >= 15 is 0 Å². The van der Waals surface area contributed by atoms with Gasteiger partial charge in [0, 0.05) is 6.42 Å². The van der Waals surface area contributed by atoms with Gasteiger partial charge in [-0.05, 0) is 17.5 Å². The summed E-state index contributed by atoms with van der Waals surface area (Å²) in [5.74, 6) is -0.132. The zero-order chi connectivity index (χ0) is 26.8. The minimum absolute atomic E-state index is 0.0214. The average molecular weight is 526 g/mol. The maximum Gasteiger partial charge on any atom is 0.476 e. The van der Waals surface area contributed by atoms with Gasteiger partial charge in [-0.25, -0.2) is 17.7 Å². The molecule has 2 atom stereocenters. The van der Waals surface area contributed by atoms with Crippen LogP contribution in [0.4, 0.5) is 0 Å². The standard InChI is InChI=1S/C28H36N3O5P/c1-4-5-6-7-14-19-26(32)31-27(24-15-10-8-11-16-24)28(25-17-12-9-13-18-25)36-37(33,34-22-20-29-2)35-23-21-30-3/h8-13,15-18,27-28H,4-7,14,19-23H2,1H3,(H,31,32)/t27-,28+/m1/s1. The molecule has 0 bridgehead atoms. The second kappa shape index (κ2) is 17.5. The first-order valence-corrected chi connectivity index (χ1v) is 14.1. The van der Waals surface area contributed by atoms with Gasteiger partial charge >= 0.3 is 7.82 Å². The molecule has 0 unspecified atom stereocenters. The Kier molecular flexibility index (Phi) is 14.3. The van der Waals surface area contributed by atoms with E-state index in [0.29, 0.717) is 12.0 Å². The smallest absolute Gasteiger partial charge is 0.346 e. The van der Waals surface area contributed by atoms with Gasteiger partial charge in [0.25, 0.3) is 0 Å². The van der Waals surface area contributed by atoms with Gasteiger partial charge in [0.05, 0.1) is 6.04 Å². The summed E-state index contributed by atoms with van der Waals surface area (Å²) in [6.45, 7) is 15.8. The molecule has 2 aromatic carbocycles. The topological polar surface area (TPSA) is 82.6 Å². The van der Waals surface area contributed by atoms with Gasteiger partial charge in [0.2, 0.25) is 19.0 Å². The molecular formula is C28H36N3O5P. The van der Waals surface area contributed by atoms with Crippen LogP contribution in [-0.4, -0.2) is 32.2 Å². The Bertz CT molecular complexity index is 1030. The number of rotatable bonds is 18. The van der Waals surface area contributed by atoms with E-state index in [4.69, 9.17) is 26.7 Å². The summed E-state index contributed by atoms with van der Waals surface area (Å²) in [4.78, 5) is 19.5. The average Bonchev–Trinajstić information content (AvgIpc) is 2.92. The van der Waals surface area contributed by atoms with E-state index in [0.717, 1.165) is 37.7 Å². The van der Waals surface area contributed by atoms with Crippen LogP contribution in [0.2, 0.25) is 0 Å². The van der Waals surface area contributed by atoms with Crippen molar-refractivity contribution in [2.75, 3.05) is 26.3 Å². The molecule has 0 aromatic heterocycles. The largest absolute Gasteiger partial charge is 0.476 e. The Hall–Kier alpha value is -3.00. The van der Waals surface area contributed by atoms with Gasteiger partial charge in [-0.15, -0.1) is 0 Å². The number of benzene rings is 2. The van der Waals surface area contributed by atoms with Crippen molar-refractivity contribution in [3.05, 3.63) is 94.6 Å². The summed E-state index contributed by atoms with van der Waals surface area (Å²) in [5, 5.41) is 3.09. The fourth-order valence-corrected chi connectivity index (χ4v) is 5.05. The number of hydrogen-bond donors (Lipinski definition) is 1. The molecule has 1 N–H and O–H groups in total. The molecule has 37 heavy (non-hydrogen) atoms. The summed E-state index contributed by atoms with van der Waals surface area (Å²) < 4.78 is 30.6. The highest BCUT2D eigenvalue weighted by atomic mass is 31.2. The molecule has 0 aliphatic carbocycles. The number of amides is 1. The minimum Gasteiger partial charge on any atom is -0.346 e. The molecule has 0 heterocycles. The van der Waals surface area contributed by atoms with E-state index in [1.165, 1.54) is 0 Å². The summed E-state index contributed by atoms with van der Waals surface area (Å²) in [5.41, 5.74) is 1.44. The SMILES string of the molecule is [C-]#[N+]CCOP(=O)(OCC[N+]#[C-])O[C@@H](c1ccccc1)[C@H](NC(=O)CCCCCCC)c1ccccc1. The van der Waals surface area contributed by atoms with Gasteiger partial charge < -0.3 is 15.0 Å². The molecular weight excluding hydrogens is 489 g/mol. The van der Waals surface area contributed by atoms with E-state index in [-0.39, 0.29) is 32.2 Å². The van der Waals surface area contributed by atoms with Crippen LogP contribution in [0.25, 0.3) is 9.69 Å². The fraction of sp³-hybridized carbons (Fsp3) is 0.464. The minimum atomic E-state index is -4.19. The fourth-order valence-electron chi connectivity index (χ4n) is 3.72. The van der Waals surface area contributed by atoms with Crippen LogP contribution in [0.5, 0.6) is 0 Å². The van der Waals surface area contributed by atoms with Crippen LogP contribution < -0.4 is 5.32 Å². The highest BCUT2D eigenvalue weighted by Gasteiger charge is 2.37. The molecule has 0 fully saturated rings. The maximum atomic E-state index is 13.7. The Labute approximate surface area is 220 Å². The molecule has 0 saturated heterocycles. The Morgan fingerprint density at radius 2 is 1.41 bits per heavy atom. The third-order valence-electron chi connectivity index (χ3n) is 5.56. The Morgan fingerprint density at radius 3 is 1.95 bits per heavy atom. The van der Waals surface area contributed by atoms with Crippen molar-refractivity contribution >= 4 is 13.7 Å². The molecule has 0 spiro atoms. The number of hydrogen-bond acceptors (Lipinski definition) is 5. The van der Waals surface area contributed by atoms with Crippen LogP contribution in [0.3, 0.4) is 0 Å². The van der Waals surface area contributed by atoms with Gasteiger partial charge in [0.1, 0.15) is 19.3 Å². The number of nitrogens with zero attached hydrogens (tertiary/aromatic N) is 2. The van der Waals surface area contributed by atoms with Crippen LogP contribution in [0.1, 0.15) is 68.7 Å². The lowest BCUT2D eigenvalue weighted by Crippen LogP contribution is -2.33. The van der Waals surface area contributed by atoms with Crippen LogP contribution in [-0.2, 0) is 22.9 Å². The van der Waals surface area contributed by atoms with Crippen LogP contribution in [0, 0.1) is 13.1 Å². The van der Waals surface area contributed by atoms with Crippen molar-refractivity contribution in [2.24, 2.45) is 0 Å². The molecule has 1 amide bonds. The van der Waals surface area contributed by atoms with Crippen molar-refractivity contribution in [3.63, 3.8) is 0 Å². The van der Waals surface area contributed by atoms with Gasteiger partial charge in [-0.2, -0.15) is 0 Å². The molecule has 0 aliphatic heterocycles. The van der Waals surface area contributed by atoms with Crippen molar-refractivity contribution < 1.29 is 22.9 Å². The number of carbonyl (C=O) groups excluding carboxylic acids is 1. The van der Waals surface area contributed by atoms with Gasteiger partial charge in [0.15, 0.2) is 0 Å².